The lowest BCUT2D eigenvalue weighted by atomic mass is 9.96. The molecule has 90 valence electrons. The van der Waals surface area contributed by atoms with E-state index < -0.39 is 0 Å². The normalized spacial score (nSPS) is 12.7. The van der Waals surface area contributed by atoms with Gasteiger partial charge < -0.3 is 5.73 Å². The number of hydrogen-bond donors (Lipinski definition) is 1. The molecule has 0 saturated carbocycles. The summed E-state index contributed by atoms with van der Waals surface area (Å²) >= 11 is 1.65. The smallest absolute Gasteiger partial charge is 0.0798 e. The van der Waals surface area contributed by atoms with Crippen molar-refractivity contribution in [2.24, 2.45) is 5.73 Å². The maximum Gasteiger partial charge on any atom is 0.0798 e. The minimum absolute atomic E-state index is 0.0577. The second kappa shape index (κ2) is 4.98. The van der Waals surface area contributed by atoms with Gasteiger partial charge in [0.1, 0.15) is 0 Å². The van der Waals surface area contributed by atoms with E-state index in [1.807, 2.05) is 12.4 Å². The summed E-state index contributed by atoms with van der Waals surface area (Å²) in [6, 6.07) is 6.45. The molecule has 0 radical (unpaired) electrons. The van der Waals surface area contributed by atoms with Crippen molar-refractivity contribution in [1.82, 2.24) is 4.98 Å². The van der Waals surface area contributed by atoms with Crippen LogP contribution in [-0.4, -0.2) is 4.98 Å². The van der Waals surface area contributed by atoms with Crippen molar-refractivity contribution >= 4 is 11.3 Å². The second-order valence-corrected chi connectivity index (χ2v) is 5.37. The monoisotopic (exact) mass is 246 g/mol. The molecule has 3 heteroatoms. The van der Waals surface area contributed by atoms with Crippen LogP contribution in [0.4, 0.5) is 0 Å². The van der Waals surface area contributed by atoms with Crippen molar-refractivity contribution in [3.63, 3.8) is 0 Å². The zero-order chi connectivity index (χ0) is 12.4. The van der Waals surface area contributed by atoms with E-state index in [0.717, 1.165) is 12.1 Å². The van der Waals surface area contributed by atoms with Crippen LogP contribution in [0.3, 0.4) is 0 Å². The van der Waals surface area contributed by atoms with Gasteiger partial charge in [-0.15, -0.1) is 11.3 Å². The van der Waals surface area contributed by atoms with E-state index in [-0.39, 0.29) is 6.04 Å². The SMILES string of the molecule is Cc1cccc(C)c1CC(N)c1scnc1C. The Bertz CT molecular complexity index is 496. The van der Waals surface area contributed by atoms with Crippen LogP contribution < -0.4 is 5.73 Å². The standard InChI is InChI=1S/C14H18N2S/c1-9-5-4-6-10(2)12(9)7-13(15)14-11(3)16-8-17-14/h4-6,8,13H,7,15H2,1-3H3. The summed E-state index contributed by atoms with van der Waals surface area (Å²) in [5, 5.41) is 0. The summed E-state index contributed by atoms with van der Waals surface area (Å²) in [6.45, 7) is 6.32. The van der Waals surface area contributed by atoms with E-state index in [4.69, 9.17) is 5.73 Å². The van der Waals surface area contributed by atoms with Gasteiger partial charge in [-0.3, -0.25) is 0 Å². The van der Waals surface area contributed by atoms with Crippen molar-refractivity contribution < 1.29 is 0 Å². The van der Waals surface area contributed by atoms with Gasteiger partial charge in [0, 0.05) is 10.9 Å². The first-order valence-corrected chi connectivity index (χ1v) is 6.68. The zero-order valence-corrected chi connectivity index (χ0v) is 11.3. The number of benzene rings is 1. The van der Waals surface area contributed by atoms with E-state index in [9.17, 15) is 0 Å². The van der Waals surface area contributed by atoms with E-state index in [1.165, 1.54) is 21.6 Å². The first-order chi connectivity index (χ1) is 8.09. The van der Waals surface area contributed by atoms with Crippen molar-refractivity contribution in [1.29, 1.82) is 0 Å². The molecule has 0 spiro atoms. The maximum absolute atomic E-state index is 6.28. The number of aromatic nitrogens is 1. The number of nitrogens with two attached hydrogens (primary N) is 1. The fraction of sp³-hybridized carbons (Fsp3) is 0.357. The van der Waals surface area contributed by atoms with E-state index in [2.05, 4.69) is 37.0 Å². The molecule has 0 aliphatic heterocycles. The molecule has 1 aromatic heterocycles. The third-order valence-electron chi connectivity index (χ3n) is 3.19. The molecule has 2 rings (SSSR count). The van der Waals surface area contributed by atoms with E-state index in [0.29, 0.717) is 0 Å². The summed E-state index contributed by atoms with van der Waals surface area (Å²) in [5.41, 5.74) is 13.2. The molecule has 0 aliphatic rings. The summed E-state index contributed by atoms with van der Waals surface area (Å²) in [5.74, 6) is 0. The molecule has 1 aromatic carbocycles. The molecule has 2 aromatic rings. The van der Waals surface area contributed by atoms with E-state index >= 15 is 0 Å². The highest BCUT2D eigenvalue weighted by atomic mass is 32.1. The Morgan fingerprint density at radius 3 is 2.41 bits per heavy atom. The first-order valence-electron chi connectivity index (χ1n) is 5.80. The average Bonchev–Trinajstić information content (AvgIpc) is 2.70. The van der Waals surface area contributed by atoms with Crippen molar-refractivity contribution in [3.05, 3.63) is 51.0 Å². The predicted molar refractivity (Wildman–Crippen MR) is 73.4 cm³/mol. The number of nitrogens with zero attached hydrogens (tertiary/aromatic N) is 1. The molecule has 0 bridgehead atoms. The highest BCUT2D eigenvalue weighted by Crippen LogP contribution is 2.25. The quantitative estimate of drug-likeness (QED) is 0.902. The van der Waals surface area contributed by atoms with Gasteiger partial charge in [0.05, 0.1) is 11.2 Å². The zero-order valence-electron chi connectivity index (χ0n) is 10.5. The number of aryl methyl sites for hydroxylation is 3. The number of thiazole rings is 1. The molecular weight excluding hydrogens is 228 g/mol. The number of rotatable bonds is 3. The van der Waals surface area contributed by atoms with Crippen LogP contribution in [0.1, 0.15) is 33.3 Å². The van der Waals surface area contributed by atoms with E-state index in [1.54, 1.807) is 11.3 Å². The lowest BCUT2D eigenvalue weighted by Gasteiger charge is -2.14. The van der Waals surface area contributed by atoms with Crippen LogP contribution >= 0.6 is 11.3 Å². The minimum Gasteiger partial charge on any atom is -0.323 e. The summed E-state index contributed by atoms with van der Waals surface area (Å²) < 4.78 is 0. The second-order valence-electron chi connectivity index (χ2n) is 4.48. The summed E-state index contributed by atoms with van der Waals surface area (Å²) in [6.07, 6.45) is 0.890. The maximum atomic E-state index is 6.28. The molecule has 0 aliphatic carbocycles. The van der Waals surface area contributed by atoms with Gasteiger partial charge in [-0.1, -0.05) is 18.2 Å². The fourth-order valence-corrected chi connectivity index (χ4v) is 2.96. The molecule has 0 saturated heterocycles. The van der Waals surface area contributed by atoms with Crippen molar-refractivity contribution in [2.75, 3.05) is 0 Å². The van der Waals surface area contributed by atoms with Gasteiger partial charge in [0.2, 0.25) is 0 Å². The van der Waals surface area contributed by atoms with Gasteiger partial charge in [-0.05, 0) is 43.9 Å². The Labute approximate surface area is 107 Å². The topological polar surface area (TPSA) is 38.9 Å². The Kier molecular flexibility index (Phi) is 3.60. The Morgan fingerprint density at radius 2 is 1.88 bits per heavy atom. The molecule has 1 unspecified atom stereocenters. The highest BCUT2D eigenvalue weighted by molar-refractivity contribution is 7.09. The van der Waals surface area contributed by atoms with Crippen LogP contribution in [0.5, 0.6) is 0 Å². The molecule has 1 heterocycles. The Morgan fingerprint density at radius 1 is 1.24 bits per heavy atom. The Balaban J connectivity index is 2.25. The molecule has 0 fully saturated rings. The highest BCUT2D eigenvalue weighted by Gasteiger charge is 2.14. The van der Waals surface area contributed by atoms with Gasteiger partial charge in [-0.25, -0.2) is 4.98 Å². The first kappa shape index (κ1) is 12.3. The molecular formula is C14H18N2S. The van der Waals surface area contributed by atoms with Crippen LogP contribution in [0.15, 0.2) is 23.7 Å². The minimum atomic E-state index is 0.0577. The van der Waals surface area contributed by atoms with Crippen LogP contribution in [-0.2, 0) is 6.42 Å². The average molecular weight is 246 g/mol. The van der Waals surface area contributed by atoms with Gasteiger partial charge in [-0.2, -0.15) is 0 Å². The van der Waals surface area contributed by atoms with Gasteiger partial charge >= 0.3 is 0 Å². The fourth-order valence-electron chi connectivity index (χ4n) is 2.15. The van der Waals surface area contributed by atoms with Crippen molar-refractivity contribution in [3.8, 4) is 0 Å². The predicted octanol–water partition coefficient (Wildman–Crippen LogP) is 3.31. The van der Waals surface area contributed by atoms with Crippen LogP contribution in [0.2, 0.25) is 0 Å². The third kappa shape index (κ3) is 2.56. The molecule has 2 nitrogen and oxygen atoms in total. The molecule has 1 atom stereocenters. The van der Waals surface area contributed by atoms with Crippen LogP contribution in [0.25, 0.3) is 0 Å². The van der Waals surface area contributed by atoms with Gasteiger partial charge in [0.25, 0.3) is 0 Å². The lowest BCUT2D eigenvalue weighted by Crippen LogP contribution is -2.14. The lowest BCUT2D eigenvalue weighted by molar-refractivity contribution is 0.722. The molecule has 17 heavy (non-hydrogen) atoms. The summed E-state index contributed by atoms with van der Waals surface area (Å²) in [4.78, 5) is 5.46. The number of hydrogen-bond acceptors (Lipinski definition) is 3. The molecule has 0 amide bonds. The van der Waals surface area contributed by atoms with Crippen molar-refractivity contribution in [2.45, 2.75) is 33.2 Å². The largest absolute Gasteiger partial charge is 0.323 e. The Hall–Kier alpha value is -1.19. The molecule has 2 N–H and O–H groups in total. The third-order valence-corrected chi connectivity index (χ3v) is 4.25. The van der Waals surface area contributed by atoms with Gasteiger partial charge in [0.15, 0.2) is 0 Å². The van der Waals surface area contributed by atoms with Crippen LogP contribution in [0, 0.1) is 20.8 Å². The summed E-state index contributed by atoms with van der Waals surface area (Å²) in [7, 11) is 0.